The zero-order chi connectivity index (χ0) is 15.8. The molecule has 0 saturated carbocycles. The SMILES string of the molecule is CC(C)NC(=O)CN1CCN(C(=O)CCCC(=O)O)CC1. The Balaban J connectivity index is 2.23. The van der Waals surface area contributed by atoms with Gasteiger partial charge in [0.2, 0.25) is 11.8 Å². The van der Waals surface area contributed by atoms with Crippen LogP contribution in [0, 0.1) is 0 Å². The molecule has 1 aliphatic rings. The molecule has 7 nitrogen and oxygen atoms in total. The normalized spacial score (nSPS) is 16.0. The third kappa shape index (κ3) is 7.08. The second kappa shape index (κ2) is 8.61. The standard InChI is InChI=1S/C14H25N3O4/c1-11(2)15-12(18)10-16-6-8-17(9-7-16)13(19)4-3-5-14(20)21/h11H,3-10H2,1-2H3,(H,15,18)(H,20,21). The van der Waals surface area contributed by atoms with Gasteiger partial charge < -0.3 is 15.3 Å². The van der Waals surface area contributed by atoms with E-state index in [-0.39, 0.29) is 30.7 Å². The van der Waals surface area contributed by atoms with Gasteiger partial charge in [-0.15, -0.1) is 0 Å². The molecule has 1 aliphatic heterocycles. The summed E-state index contributed by atoms with van der Waals surface area (Å²) in [5, 5.41) is 11.4. The van der Waals surface area contributed by atoms with E-state index in [1.807, 2.05) is 18.7 Å². The fraction of sp³-hybridized carbons (Fsp3) is 0.786. The lowest BCUT2D eigenvalue weighted by Gasteiger charge is -2.34. The van der Waals surface area contributed by atoms with Crippen LogP contribution >= 0.6 is 0 Å². The average Bonchev–Trinajstić information content (AvgIpc) is 2.37. The highest BCUT2D eigenvalue weighted by Crippen LogP contribution is 2.06. The first-order valence-corrected chi connectivity index (χ1v) is 7.39. The smallest absolute Gasteiger partial charge is 0.303 e. The highest BCUT2D eigenvalue weighted by molar-refractivity contribution is 5.78. The molecule has 0 atom stereocenters. The van der Waals surface area contributed by atoms with E-state index < -0.39 is 5.97 Å². The predicted octanol–water partition coefficient (Wildman–Crippen LogP) is -0.0899. The van der Waals surface area contributed by atoms with Crippen LogP contribution in [0.15, 0.2) is 0 Å². The quantitative estimate of drug-likeness (QED) is 0.686. The molecule has 1 saturated heterocycles. The van der Waals surface area contributed by atoms with Crippen LogP contribution in [-0.4, -0.2) is 71.5 Å². The number of carbonyl (C=O) groups is 3. The number of rotatable bonds is 7. The van der Waals surface area contributed by atoms with Crippen molar-refractivity contribution < 1.29 is 19.5 Å². The van der Waals surface area contributed by atoms with Crippen LogP contribution in [0.5, 0.6) is 0 Å². The summed E-state index contributed by atoms with van der Waals surface area (Å²) in [6, 6.07) is 0.134. The van der Waals surface area contributed by atoms with Gasteiger partial charge in [0.1, 0.15) is 0 Å². The molecule has 1 heterocycles. The van der Waals surface area contributed by atoms with Gasteiger partial charge in [-0.05, 0) is 20.3 Å². The van der Waals surface area contributed by atoms with Crippen molar-refractivity contribution >= 4 is 17.8 Å². The molecule has 1 rings (SSSR count). The lowest BCUT2D eigenvalue weighted by atomic mass is 10.2. The number of amides is 2. The van der Waals surface area contributed by atoms with Crippen molar-refractivity contribution in [1.29, 1.82) is 0 Å². The minimum absolute atomic E-state index is 0.00234. The van der Waals surface area contributed by atoms with Crippen LogP contribution in [0.2, 0.25) is 0 Å². The molecular formula is C14H25N3O4. The third-order valence-electron chi connectivity index (χ3n) is 3.32. The van der Waals surface area contributed by atoms with Gasteiger partial charge >= 0.3 is 5.97 Å². The first-order chi connectivity index (χ1) is 9.88. The number of nitrogens with zero attached hydrogens (tertiary/aromatic N) is 2. The summed E-state index contributed by atoms with van der Waals surface area (Å²) in [7, 11) is 0. The number of hydrogen-bond acceptors (Lipinski definition) is 4. The molecule has 0 aromatic heterocycles. The van der Waals surface area contributed by atoms with Crippen molar-refractivity contribution in [1.82, 2.24) is 15.1 Å². The van der Waals surface area contributed by atoms with E-state index in [0.717, 1.165) is 0 Å². The topological polar surface area (TPSA) is 90.0 Å². The minimum atomic E-state index is -0.871. The molecule has 1 fully saturated rings. The summed E-state index contributed by atoms with van der Waals surface area (Å²) in [6.07, 6.45) is 0.687. The number of aliphatic carboxylic acids is 1. The van der Waals surface area contributed by atoms with Crippen molar-refractivity contribution in [3.8, 4) is 0 Å². The lowest BCUT2D eigenvalue weighted by molar-refractivity contribution is -0.137. The molecule has 0 radical (unpaired) electrons. The largest absolute Gasteiger partial charge is 0.481 e. The van der Waals surface area contributed by atoms with Gasteiger partial charge in [-0.25, -0.2) is 0 Å². The van der Waals surface area contributed by atoms with Crippen LogP contribution in [-0.2, 0) is 14.4 Å². The van der Waals surface area contributed by atoms with Crippen LogP contribution in [0.1, 0.15) is 33.1 Å². The molecule has 2 amide bonds. The third-order valence-corrected chi connectivity index (χ3v) is 3.32. The lowest BCUT2D eigenvalue weighted by Crippen LogP contribution is -2.51. The monoisotopic (exact) mass is 299 g/mol. The van der Waals surface area contributed by atoms with Crippen molar-refractivity contribution in [3.63, 3.8) is 0 Å². The first-order valence-electron chi connectivity index (χ1n) is 7.39. The summed E-state index contributed by atoms with van der Waals surface area (Å²) in [5.41, 5.74) is 0. The van der Waals surface area contributed by atoms with Crippen LogP contribution < -0.4 is 5.32 Å². The molecule has 0 aliphatic carbocycles. The van der Waals surface area contributed by atoms with E-state index >= 15 is 0 Å². The number of carboxylic acid groups (broad SMARTS) is 1. The Morgan fingerprint density at radius 2 is 1.71 bits per heavy atom. The molecule has 7 heteroatoms. The summed E-state index contributed by atoms with van der Waals surface area (Å²) >= 11 is 0. The number of carbonyl (C=O) groups excluding carboxylic acids is 2. The molecule has 0 spiro atoms. The maximum Gasteiger partial charge on any atom is 0.303 e. The molecule has 0 aromatic carbocycles. The molecule has 120 valence electrons. The Kier molecular flexibility index (Phi) is 7.14. The molecule has 0 unspecified atom stereocenters. The highest BCUT2D eigenvalue weighted by atomic mass is 16.4. The zero-order valence-electron chi connectivity index (χ0n) is 12.8. The number of piperazine rings is 1. The van der Waals surface area contributed by atoms with E-state index in [2.05, 4.69) is 5.32 Å². The van der Waals surface area contributed by atoms with Gasteiger partial charge in [-0.2, -0.15) is 0 Å². The maximum atomic E-state index is 11.9. The highest BCUT2D eigenvalue weighted by Gasteiger charge is 2.22. The summed E-state index contributed by atoms with van der Waals surface area (Å²) < 4.78 is 0. The minimum Gasteiger partial charge on any atom is -0.481 e. The van der Waals surface area contributed by atoms with E-state index in [4.69, 9.17) is 5.11 Å². The molecule has 2 N–H and O–H groups in total. The number of hydrogen-bond donors (Lipinski definition) is 2. The van der Waals surface area contributed by atoms with Gasteiger partial charge in [0.25, 0.3) is 0 Å². The van der Waals surface area contributed by atoms with Crippen LogP contribution in [0.25, 0.3) is 0 Å². The van der Waals surface area contributed by atoms with Gasteiger partial charge in [0, 0.05) is 45.1 Å². The van der Waals surface area contributed by atoms with E-state index in [1.165, 1.54) is 0 Å². The second-order valence-electron chi connectivity index (χ2n) is 5.63. The Morgan fingerprint density at radius 3 is 2.24 bits per heavy atom. The molecule has 21 heavy (non-hydrogen) atoms. The predicted molar refractivity (Wildman–Crippen MR) is 77.8 cm³/mol. The second-order valence-corrected chi connectivity index (χ2v) is 5.63. The van der Waals surface area contributed by atoms with E-state index in [0.29, 0.717) is 39.1 Å². The van der Waals surface area contributed by atoms with Gasteiger partial charge in [0.15, 0.2) is 0 Å². The van der Waals surface area contributed by atoms with Crippen molar-refractivity contribution in [2.45, 2.75) is 39.2 Å². The Bertz CT molecular complexity index is 376. The number of nitrogens with one attached hydrogen (secondary N) is 1. The molecular weight excluding hydrogens is 274 g/mol. The summed E-state index contributed by atoms with van der Waals surface area (Å²) in [4.78, 5) is 37.7. The Morgan fingerprint density at radius 1 is 1.10 bits per heavy atom. The van der Waals surface area contributed by atoms with Crippen molar-refractivity contribution in [2.24, 2.45) is 0 Å². The van der Waals surface area contributed by atoms with E-state index in [1.54, 1.807) is 4.90 Å². The average molecular weight is 299 g/mol. The van der Waals surface area contributed by atoms with Gasteiger partial charge in [-0.1, -0.05) is 0 Å². The molecule has 0 bridgehead atoms. The van der Waals surface area contributed by atoms with Crippen molar-refractivity contribution in [3.05, 3.63) is 0 Å². The fourth-order valence-corrected chi connectivity index (χ4v) is 2.28. The first kappa shape index (κ1) is 17.4. The van der Waals surface area contributed by atoms with E-state index in [9.17, 15) is 14.4 Å². The van der Waals surface area contributed by atoms with Crippen molar-refractivity contribution in [2.75, 3.05) is 32.7 Å². The fourth-order valence-electron chi connectivity index (χ4n) is 2.28. The maximum absolute atomic E-state index is 11.9. The number of carboxylic acids is 1. The van der Waals surface area contributed by atoms with Gasteiger partial charge in [-0.3, -0.25) is 19.3 Å². The molecule has 0 aromatic rings. The van der Waals surface area contributed by atoms with Crippen LogP contribution in [0.3, 0.4) is 0 Å². The Hall–Kier alpha value is -1.63. The zero-order valence-corrected chi connectivity index (χ0v) is 12.8. The van der Waals surface area contributed by atoms with Crippen LogP contribution in [0.4, 0.5) is 0 Å². The summed E-state index contributed by atoms with van der Waals surface area (Å²) in [5.74, 6) is -0.863. The van der Waals surface area contributed by atoms with Gasteiger partial charge in [0.05, 0.1) is 6.54 Å². The Labute approximate surface area is 125 Å². The summed E-state index contributed by atoms with van der Waals surface area (Å²) in [6.45, 7) is 6.75.